The number of aliphatic hydroxyl groups is 1. The largest absolute Gasteiger partial charge is 0.508 e. The average molecular weight is 249 g/mol. The van der Waals surface area contributed by atoms with Gasteiger partial charge in [0.2, 0.25) is 0 Å². The first kappa shape index (κ1) is 13.4. The number of phenolic OH excluding ortho intramolecular Hbond substituents is 1. The lowest BCUT2D eigenvalue weighted by Crippen LogP contribution is -2.39. The highest BCUT2D eigenvalue weighted by molar-refractivity contribution is 5.35. The summed E-state index contributed by atoms with van der Waals surface area (Å²) in [5, 5.41) is 19.0. The maximum Gasteiger partial charge on any atom is 0.120 e. The molecule has 1 aromatic rings. The molecule has 0 aliphatic carbocycles. The summed E-state index contributed by atoms with van der Waals surface area (Å²) in [4.78, 5) is 2.40. The number of nitrogens with zero attached hydrogens (tertiary/aromatic N) is 1. The smallest absolute Gasteiger partial charge is 0.120 e. The molecule has 0 radical (unpaired) electrons. The van der Waals surface area contributed by atoms with Gasteiger partial charge in [-0.3, -0.25) is 4.90 Å². The summed E-state index contributed by atoms with van der Waals surface area (Å²) >= 11 is 0. The number of rotatable bonds is 4. The fraction of sp³-hybridized carbons (Fsp3) is 0.600. The summed E-state index contributed by atoms with van der Waals surface area (Å²) in [7, 11) is 0. The minimum Gasteiger partial charge on any atom is -0.508 e. The van der Waals surface area contributed by atoms with Gasteiger partial charge in [-0.1, -0.05) is 24.1 Å². The van der Waals surface area contributed by atoms with E-state index in [1.165, 1.54) is 18.4 Å². The minimum atomic E-state index is 0.251. The van der Waals surface area contributed by atoms with Gasteiger partial charge in [0.25, 0.3) is 0 Å². The van der Waals surface area contributed by atoms with E-state index >= 15 is 0 Å². The van der Waals surface area contributed by atoms with E-state index in [2.05, 4.69) is 11.0 Å². The molecule has 2 N–H and O–H groups in total. The molecule has 1 aliphatic rings. The van der Waals surface area contributed by atoms with E-state index in [1.54, 1.807) is 6.07 Å². The van der Waals surface area contributed by atoms with E-state index in [0.717, 1.165) is 31.5 Å². The van der Waals surface area contributed by atoms with Crippen LogP contribution in [0.1, 0.15) is 36.8 Å². The SMILES string of the molecule is Cc1ccc(O)c(CN2CCCCC2CCO)c1. The third-order valence-electron chi connectivity index (χ3n) is 3.82. The van der Waals surface area contributed by atoms with Crippen molar-refractivity contribution in [1.29, 1.82) is 0 Å². The van der Waals surface area contributed by atoms with E-state index in [4.69, 9.17) is 5.11 Å². The molecule has 3 heteroatoms. The quantitative estimate of drug-likeness (QED) is 0.861. The van der Waals surface area contributed by atoms with E-state index in [1.807, 2.05) is 13.0 Å². The number of likely N-dealkylation sites (tertiary alicyclic amines) is 1. The van der Waals surface area contributed by atoms with Gasteiger partial charge in [0.05, 0.1) is 0 Å². The summed E-state index contributed by atoms with van der Waals surface area (Å²) in [6, 6.07) is 6.22. The second kappa shape index (κ2) is 6.21. The van der Waals surface area contributed by atoms with Crippen molar-refractivity contribution in [2.24, 2.45) is 0 Å². The van der Waals surface area contributed by atoms with Crippen LogP contribution in [-0.4, -0.2) is 34.3 Å². The summed E-state index contributed by atoms with van der Waals surface area (Å²) in [6.07, 6.45) is 4.47. The minimum absolute atomic E-state index is 0.251. The monoisotopic (exact) mass is 249 g/mol. The number of hydrogen-bond donors (Lipinski definition) is 2. The fourth-order valence-electron chi connectivity index (χ4n) is 2.80. The molecule has 0 bridgehead atoms. The van der Waals surface area contributed by atoms with Gasteiger partial charge in [-0.15, -0.1) is 0 Å². The van der Waals surface area contributed by atoms with Crippen molar-refractivity contribution < 1.29 is 10.2 Å². The zero-order chi connectivity index (χ0) is 13.0. The Morgan fingerprint density at radius 1 is 1.33 bits per heavy atom. The highest BCUT2D eigenvalue weighted by Crippen LogP contribution is 2.25. The van der Waals surface area contributed by atoms with Gasteiger partial charge in [-0.05, 0) is 38.8 Å². The van der Waals surface area contributed by atoms with Crippen LogP contribution >= 0.6 is 0 Å². The van der Waals surface area contributed by atoms with Crippen LogP contribution in [0.2, 0.25) is 0 Å². The number of phenols is 1. The average Bonchev–Trinajstić information content (AvgIpc) is 2.36. The van der Waals surface area contributed by atoms with Crippen molar-refractivity contribution in [3.8, 4) is 5.75 Å². The Kier molecular flexibility index (Phi) is 4.61. The molecule has 1 saturated heterocycles. The Labute approximate surface area is 109 Å². The molecular formula is C15H23NO2. The molecule has 3 nitrogen and oxygen atoms in total. The van der Waals surface area contributed by atoms with Crippen LogP contribution in [0.3, 0.4) is 0 Å². The summed E-state index contributed by atoms with van der Waals surface area (Å²) in [6.45, 7) is 4.15. The Morgan fingerprint density at radius 2 is 2.17 bits per heavy atom. The number of piperidine rings is 1. The standard InChI is InChI=1S/C15H23NO2/c1-12-5-6-15(18)13(10-12)11-16-8-3-2-4-14(16)7-9-17/h5-6,10,14,17-18H,2-4,7-9,11H2,1H3. The van der Waals surface area contributed by atoms with Gasteiger partial charge in [-0.2, -0.15) is 0 Å². The van der Waals surface area contributed by atoms with Crippen LogP contribution in [0.5, 0.6) is 5.75 Å². The second-order valence-electron chi connectivity index (χ2n) is 5.26. The van der Waals surface area contributed by atoms with Crippen LogP contribution in [0, 0.1) is 6.92 Å². The maximum atomic E-state index is 9.91. The molecule has 1 unspecified atom stereocenters. The lowest BCUT2D eigenvalue weighted by atomic mass is 9.98. The zero-order valence-electron chi connectivity index (χ0n) is 11.1. The van der Waals surface area contributed by atoms with E-state index < -0.39 is 0 Å². The molecule has 1 aromatic carbocycles. The third kappa shape index (κ3) is 3.24. The van der Waals surface area contributed by atoms with Gasteiger partial charge in [0.15, 0.2) is 0 Å². The molecule has 1 aliphatic heterocycles. The zero-order valence-corrected chi connectivity index (χ0v) is 11.1. The number of hydrogen-bond acceptors (Lipinski definition) is 3. The predicted molar refractivity (Wildman–Crippen MR) is 72.6 cm³/mol. The van der Waals surface area contributed by atoms with Gasteiger partial charge < -0.3 is 10.2 Å². The van der Waals surface area contributed by atoms with Crippen molar-refractivity contribution in [2.75, 3.05) is 13.2 Å². The van der Waals surface area contributed by atoms with Gasteiger partial charge in [0, 0.05) is 24.8 Å². The van der Waals surface area contributed by atoms with Crippen LogP contribution in [0.4, 0.5) is 0 Å². The summed E-state index contributed by atoms with van der Waals surface area (Å²) in [5.74, 6) is 0.383. The molecule has 1 fully saturated rings. The number of benzene rings is 1. The first-order chi connectivity index (χ1) is 8.70. The van der Waals surface area contributed by atoms with Crippen molar-refractivity contribution in [2.45, 2.75) is 45.2 Å². The Morgan fingerprint density at radius 3 is 2.94 bits per heavy atom. The topological polar surface area (TPSA) is 43.7 Å². The number of aromatic hydroxyl groups is 1. The van der Waals surface area contributed by atoms with Crippen molar-refractivity contribution in [3.63, 3.8) is 0 Å². The third-order valence-corrected chi connectivity index (χ3v) is 3.82. The molecule has 0 spiro atoms. The summed E-state index contributed by atoms with van der Waals surface area (Å²) < 4.78 is 0. The maximum absolute atomic E-state index is 9.91. The first-order valence-electron chi connectivity index (χ1n) is 6.84. The highest BCUT2D eigenvalue weighted by Gasteiger charge is 2.22. The second-order valence-corrected chi connectivity index (χ2v) is 5.26. The molecule has 0 amide bonds. The van der Waals surface area contributed by atoms with E-state index in [-0.39, 0.29) is 6.61 Å². The lowest BCUT2D eigenvalue weighted by Gasteiger charge is -2.35. The lowest BCUT2D eigenvalue weighted by molar-refractivity contribution is 0.111. The molecule has 1 heterocycles. The molecule has 1 atom stereocenters. The Balaban J connectivity index is 2.08. The molecule has 0 saturated carbocycles. The van der Waals surface area contributed by atoms with Gasteiger partial charge in [-0.25, -0.2) is 0 Å². The van der Waals surface area contributed by atoms with Crippen molar-refractivity contribution in [3.05, 3.63) is 29.3 Å². The van der Waals surface area contributed by atoms with Crippen LogP contribution < -0.4 is 0 Å². The molecule has 0 aromatic heterocycles. The Hall–Kier alpha value is -1.06. The fourth-order valence-corrected chi connectivity index (χ4v) is 2.80. The first-order valence-corrected chi connectivity index (χ1v) is 6.84. The van der Waals surface area contributed by atoms with Crippen molar-refractivity contribution in [1.82, 2.24) is 4.90 Å². The molecular weight excluding hydrogens is 226 g/mol. The van der Waals surface area contributed by atoms with Gasteiger partial charge in [0.1, 0.15) is 5.75 Å². The van der Waals surface area contributed by atoms with Crippen molar-refractivity contribution >= 4 is 0 Å². The highest BCUT2D eigenvalue weighted by atomic mass is 16.3. The van der Waals surface area contributed by atoms with E-state index in [0.29, 0.717) is 11.8 Å². The molecule has 18 heavy (non-hydrogen) atoms. The molecule has 100 valence electrons. The number of aliphatic hydroxyl groups excluding tert-OH is 1. The number of aryl methyl sites for hydroxylation is 1. The van der Waals surface area contributed by atoms with Crippen LogP contribution in [-0.2, 0) is 6.54 Å². The van der Waals surface area contributed by atoms with E-state index in [9.17, 15) is 5.11 Å². The molecule has 2 rings (SSSR count). The normalized spacial score (nSPS) is 21.1. The Bertz CT molecular complexity index is 390. The van der Waals surface area contributed by atoms with Gasteiger partial charge >= 0.3 is 0 Å². The van der Waals surface area contributed by atoms with Crippen LogP contribution in [0.25, 0.3) is 0 Å². The van der Waals surface area contributed by atoms with Crippen LogP contribution in [0.15, 0.2) is 18.2 Å². The summed E-state index contributed by atoms with van der Waals surface area (Å²) in [5.41, 5.74) is 2.18. The predicted octanol–water partition coefficient (Wildman–Crippen LogP) is 2.44.